The second-order valence-electron chi connectivity index (χ2n) is 4.97. The lowest BCUT2D eigenvalue weighted by Gasteiger charge is -2.02. The van der Waals surface area contributed by atoms with Crippen LogP contribution in [0.15, 0.2) is 6.20 Å². The molecule has 0 spiro atoms. The van der Waals surface area contributed by atoms with Gasteiger partial charge in [0.15, 0.2) is 0 Å². The van der Waals surface area contributed by atoms with Crippen molar-refractivity contribution in [2.75, 3.05) is 0 Å². The largest absolute Gasteiger partial charge is 0.252 e. The maximum atomic E-state index is 4.18. The van der Waals surface area contributed by atoms with Gasteiger partial charge in [0.25, 0.3) is 0 Å². The Kier molecular flexibility index (Phi) is 6.12. The molecule has 0 radical (unpaired) electrons. The average molecular weight is 223 g/mol. The maximum Gasteiger partial charge on any atom is 0.0827 e. The molecule has 0 aromatic carbocycles. The number of nitrogens with zero attached hydrogens (tertiary/aromatic N) is 3. The van der Waals surface area contributed by atoms with Gasteiger partial charge in [-0.05, 0) is 25.2 Å². The van der Waals surface area contributed by atoms with Crippen molar-refractivity contribution in [2.24, 2.45) is 5.92 Å². The molecule has 0 aliphatic carbocycles. The van der Waals surface area contributed by atoms with Crippen molar-refractivity contribution >= 4 is 0 Å². The number of aryl methyl sites for hydroxylation is 2. The molecule has 0 saturated carbocycles. The molecule has 1 heterocycles. The Bertz CT molecular complexity index is 278. The van der Waals surface area contributed by atoms with Crippen molar-refractivity contribution in [3.8, 4) is 0 Å². The molecule has 0 aliphatic heterocycles. The van der Waals surface area contributed by atoms with Gasteiger partial charge in [-0.25, -0.2) is 0 Å². The molecule has 16 heavy (non-hydrogen) atoms. The summed E-state index contributed by atoms with van der Waals surface area (Å²) in [5, 5.41) is 8.28. The van der Waals surface area contributed by atoms with E-state index < -0.39 is 0 Å². The van der Waals surface area contributed by atoms with Crippen LogP contribution in [0.25, 0.3) is 0 Å². The SMILES string of the molecule is CCCn1cc(CCCCCC(C)C)nn1. The van der Waals surface area contributed by atoms with Crippen LogP contribution in [0.4, 0.5) is 0 Å². The van der Waals surface area contributed by atoms with Crippen molar-refractivity contribution in [1.29, 1.82) is 0 Å². The number of aromatic nitrogens is 3. The zero-order chi connectivity index (χ0) is 11.8. The van der Waals surface area contributed by atoms with Crippen molar-refractivity contribution in [2.45, 2.75) is 65.8 Å². The lowest BCUT2D eigenvalue weighted by Crippen LogP contribution is -1.96. The fraction of sp³-hybridized carbons (Fsp3) is 0.846. The highest BCUT2D eigenvalue weighted by atomic mass is 15.4. The van der Waals surface area contributed by atoms with Crippen LogP contribution in [0, 0.1) is 5.92 Å². The molecule has 0 saturated heterocycles. The summed E-state index contributed by atoms with van der Waals surface area (Å²) in [6.07, 6.45) is 9.56. The first kappa shape index (κ1) is 13.2. The summed E-state index contributed by atoms with van der Waals surface area (Å²) in [6, 6.07) is 0. The Balaban J connectivity index is 2.12. The fourth-order valence-corrected chi connectivity index (χ4v) is 1.83. The zero-order valence-corrected chi connectivity index (χ0v) is 10.9. The third-order valence-corrected chi connectivity index (χ3v) is 2.75. The first-order valence-corrected chi connectivity index (χ1v) is 6.61. The van der Waals surface area contributed by atoms with Crippen LogP contribution in [-0.4, -0.2) is 15.0 Å². The fourth-order valence-electron chi connectivity index (χ4n) is 1.83. The van der Waals surface area contributed by atoms with E-state index in [4.69, 9.17) is 0 Å². The maximum absolute atomic E-state index is 4.18. The molecule has 0 amide bonds. The molecule has 1 aromatic rings. The first-order valence-electron chi connectivity index (χ1n) is 6.61. The van der Waals surface area contributed by atoms with E-state index in [2.05, 4.69) is 37.3 Å². The van der Waals surface area contributed by atoms with Gasteiger partial charge in [-0.3, -0.25) is 4.68 Å². The number of hydrogen-bond donors (Lipinski definition) is 0. The molecule has 0 fully saturated rings. The number of hydrogen-bond acceptors (Lipinski definition) is 2. The van der Waals surface area contributed by atoms with Gasteiger partial charge in [-0.1, -0.05) is 45.2 Å². The Labute approximate surface area is 99.2 Å². The molecular weight excluding hydrogens is 198 g/mol. The van der Waals surface area contributed by atoms with Gasteiger partial charge in [0.2, 0.25) is 0 Å². The highest BCUT2D eigenvalue weighted by Gasteiger charge is 2.00. The third-order valence-electron chi connectivity index (χ3n) is 2.75. The minimum atomic E-state index is 0.838. The minimum absolute atomic E-state index is 0.838. The van der Waals surface area contributed by atoms with Crippen molar-refractivity contribution in [3.63, 3.8) is 0 Å². The average Bonchev–Trinajstić information content (AvgIpc) is 2.65. The molecule has 1 rings (SSSR count). The quantitative estimate of drug-likeness (QED) is 0.632. The van der Waals surface area contributed by atoms with Crippen LogP contribution in [-0.2, 0) is 13.0 Å². The molecule has 0 atom stereocenters. The second-order valence-corrected chi connectivity index (χ2v) is 4.97. The van der Waals surface area contributed by atoms with E-state index in [9.17, 15) is 0 Å². The summed E-state index contributed by atoms with van der Waals surface area (Å²) < 4.78 is 1.95. The molecule has 1 aromatic heterocycles. The Morgan fingerprint density at radius 1 is 1.25 bits per heavy atom. The van der Waals surface area contributed by atoms with Crippen LogP contribution >= 0.6 is 0 Å². The topological polar surface area (TPSA) is 30.7 Å². The summed E-state index contributed by atoms with van der Waals surface area (Å²) in [6.45, 7) is 7.72. The lowest BCUT2D eigenvalue weighted by atomic mass is 10.0. The second kappa shape index (κ2) is 7.42. The van der Waals surface area contributed by atoms with E-state index in [1.807, 2.05) is 4.68 Å². The molecule has 0 N–H and O–H groups in total. The van der Waals surface area contributed by atoms with E-state index >= 15 is 0 Å². The molecule has 3 nitrogen and oxygen atoms in total. The number of unbranched alkanes of at least 4 members (excludes halogenated alkanes) is 2. The standard InChI is InChI=1S/C13H25N3/c1-4-10-16-11-13(14-15-16)9-7-5-6-8-12(2)3/h11-12H,4-10H2,1-3H3. The van der Waals surface area contributed by atoms with Crippen LogP contribution in [0.5, 0.6) is 0 Å². The molecule has 0 aliphatic rings. The highest BCUT2D eigenvalue weighted by Crippen LogP contribution is 2.10. The molecule has 92 valence electrons. The van der Waals surface area contributed by atoms with Crippen LogP contribution in [0.3, 0.4) is 0 Å². The molecule has 0 bridgehead atoms. The normalized spacial score (nSPS) is 11.2. The number of rotatable bonds is 8. The summed E-state index contributed by atoms with van der Waals surface area (Å²) in [5.74, 6) is 0.838. The Morgan fingerprint density at radius 2 is 2.06 bits per heavy atom. The minimum Gasteiger partial charge on any atom is -0.252 e. The zero-order valence-electron chi connectivity index (χ0n) is 10.9. The van der Waals surface area contributed by atoms with Gasteiger partial charge >= 0.3 is 0 Å². The van der Waals surface area contributed by atoms with E-state index in [-0.39, 0.29) is 0 Å². The molecule has 3 heteroatoms. The van der Waals surface area contributed by atoms with Gasteiger partial charge in [0.1, 0.15) is 0 Å². The summed E-state index contributed by atoms with van der Waals surface area (Å²) >= 11 is 0. The van der Waals surface area contributed by atoms with Crippen molar-refractivity contribution in [1.82, 2.24) is 15.0 Å². The van der Waals surface area contributed by atoms with Crippen LogP contribution < -0.4 is 0 Å². The Morgan fingerprint density at radius 3 is 2.75 bits per heavy atom. The van der Waals surface area contributed by atoms with Crippen LogP contribution in [0.1, 0.15) is 58.6 Å². The first-order chi connectivity index (χ1) is 7.72. The van der Waals surface area contributed by atoms with E-state index in [1.165, 1.54) is 25.7 Å². The van der Waals surface area contributed by atoms with Gasteiger partial charge in [0.05, 0.1) is 5.69 Å². The van der Waals surface area contributed by atoms with Gasteiger partial charge < -0.3 is 0 Å². The molecular formula is C13H25N3. The summed E-state index contributed by atoms with van der Waals surface area (Å²) in [5.41, 5.74) is 1.15. The predicted molar refractivity (Wildman–Crippen MR) is 67.3 cm³/mol. The third kappa shape index (κ3) is 5.29. The van der Waals surface area contributed by atoms with Crippen molar-refractivity contribution in [3.05, 3.63) is 11.9 Å². The highest BCUT2D eigenvalue weighted by molar-refractivity contribution is 4.91. The predicted octanol–water partition coefficient (Wildman–Crippen LogP) is 3.45. The van der Waals surface area contributed by atoms with E-state index in [0.29, 0.717) is 0 Å². The Hall–Kier alpha value is -0.860. The molecule has 0 unspecified atom stereocenters. The van der Waals surface area contributed by atoms with Gasteiger partial charge in [-0.2, -0.15) is 0 Å². The van der Waals surface area contributed by atoms with E-state index in [0.717, 1.165) is 31.0 Å². The van der Waals surface area contributed by atoms with Crippen LogP contribution in [0.2, 0.25) is 0 Å². The summed E-state index contributed by atoms with van der Waals surface area (Å²) in [7, 11) is 0. The summed E-state index contributed by atoms with van der Waals surface area (Å²) in [4.78, 5) is 0. The lowest BCUT2D eigenvalue weighted by molar-refractivity contribution is 0.526. The van der Waals surface area contributed by atoms with Gasteiger partial charge in [0, 0.05) is 12.7 Å². The van der Waals surface area contributed by atoms with Crippen molar-refractivity contribution < 1.29 is 0 Å². The monoisotopic (exact) mass is 223 g/mol. The van der Waals surface area contributed by atoms with E-state index in [1.54, 1.807) is 0 Å². The van der Waals surface area contributed by atoms with Gasteiger partial charge in [-0.15, -0.1) is 5.10 Å². The smallest absolute Gasteiger partial charge is 0.0827 e.